The maximum atomic E-state index is 13.7. The van der Waals surface area contributed by atoms with Gasteiger partial charge in [0.05, 0.1) is 5.52 Å². The Labute approximate surface area is 134 Å². The Morgan fingerprint density at radius 2 is 2.18 bits per heavy atom. The molecular weight excluding hydrogens is 351 g/mol. The van der Waals surface area contributed by atoms with Crippen molar-refractivity contribution in [1.29, 1.82) is 0 Å². The molecule has 4 nitrogen and oxygen atoms in total. The third-order valence-corrected chi connectivity index (χ3v) is 3.99. The van der Waals surface area contributed by atoms with Gasteiger partial charge in [-0.3, -0.25) is 4.79 Å². The summed E-state index contributed by atoms with van der Waals surface area (Å²) in [5.74, 6) is -0.278. The lowest BCUT2D eigenvalue weighted by Crippen LogP contribution is -2.25. The van der Waals surface area contributed by atoms with Crippen molar-refractivity contribution in [2.75, 3.05) is 6.54 Å². The molecule has 0 aliphatic carbocycles. The van der Waals surface area contributed by atoms with Crippen molar-refractivity contribution in [1.82, 2.24) is 10.3 Å². The average Bonchev–Trinajstić information content (AvgIpc) is 3.05. The first-order chi connectivity index (χ1) is 10.6. The summed E-state index contributed by atoms with van der Waals surface area (Å²) in [5, 5.41) is 3.65. The van der Waals surface area contributed by atoms with Crippen LogP contribution in [0.1, 0.15) is 21.8 Å². The molecule has 2 N–H and O–H groups in total. The number of hydrogen-bond donors (Lipinski definition) is 2. The van der Waals surface area contributed by atoms with E-state index in [2.05, 4.69) is 26.2 Å². The van der Waals surface area contributed by atoms with Gasteiger partial charge in [-0.1, -0.05) is 12.1 Å². The maximum absolute atomic E-state index is 13.7. The minimum Gasteiger partial charge on any atom is -0.444 e. The van der Waals surface area contributed by atoms with E-state index in [9.17, 15) is 9.18 Å². The van der Waals surface area contributed by atoms with Crippen molar-refractivity contribution < 1.29 is 13.6 Å². The molecule has 0 spiro atoms. The first-order valence-electron chi connectivity index (χ1n) is 6.85. The predicted octanol–water partition coefficient (Wildman–Crippen LogP) is 3.94. The highest BCUT2D eigenvalue weighted by Gasteiger charge is 2.13. The van der Waals surface area contributed by atoms with Gasteiger partial charge in [0.25, 0.3) is 5.91 Å². The Morgan fingerprint density at radius 1 is 1.36 bits per heavy atom. The minimum atomic E-state index is -0.269. The van der Waals surface area contributed by atoms with E-state index in [1.807, 2.05) is 13.0 Å². The second-order valence-electron chi connectivity index (χ2n) is 5.00. The Hall–Kier alpha value is -2.08. The molecule has 114 valence electrons. The third-order valence-electron chi connectivity index (χ3n) is 3.56. The van der Waals surface area contributed by atoms with Crippen LogP contribution in [0.15, 0.2) is 39.4 Å². The molecule has 22 heavy (non-hydrogen) atoms. The van der Waals surface area contributed by atoms with Crippen LogP contribution < -0.4 is 5.32 Å². The van der Waals surface area contributed by atoms with E-state index in [1.165, 1.54) is 6.07 Å². The first-order valence-corrected chi connectivity index (χ1v) is 7.65. The molecule has 0 saturated heterocycles. The number of aromatic nitrogens is 1. The number of furan rings is 1. The van der Waals surface area contributed by atoms with E-state index < -0.39 is 0 Å². The fraction of sp³-hybridized carbons (Fsp3) is 0.188. The van der Waals surface area contributed by atoms with Gasteiger partial charge >= 0.3 is 0 Å². The van der Waals surface area contributed by atoms with Crippen LogP contribution in [0.3, 0.4) is 0 Å². The number of amides is 1. The van der Waals surface area contributed by atoms with E-state index in [0.29, 0.717) is 23.2 Å². The highest BCUT2D eigenvalue weighted by atomic mass is 79.9. The van der Waals surface area contributed by atoms with Gasteiger partial charge in [0.2, 0.25) is 0 Å². The van der Waals surface area contributed by atoms with Gasteiger partial charge in [-0.2, -0.15) is 0 Å². The lowest BCUT2D eigenvalue weighted by molar-refractivity contribution is 0.0925. The first kappa shape index (κ1) is 14.8. The molecule has 0 atom stereocenters. The van der Waals surface area contributed by atoms with E-state index >= 15 is 0 Å². The topological polar surface area (TPSA) is 58.0 Å². The molecule has 1 aromatic carbocycles. The quantitative estimate of drug-likeness (QED) is 0.736. The number of aromatic amines is 1. The number of fused-ring (bicyclic) bond motifs is 1. The van der Waals surface area contributed by atoms with Gasteiger partial charge in [-0.15, -0.1) is 0 Å². The van der Waals surface area contributed by atoms with Crippen LogP contribution in [0.4, 0.5) is 4.39 Å². The summed E-state index contributed by atoms with van der Waals surface area (Å²) < 4.78 is 19.4. The highest BCUT2D eigenvalue weighted by Crippen LogP contribution is 2.24. The zero-order valence-electron chi connectivity index (χ0n) is 11.9. The largest absolute Gasteiger partial charge is 0.444 e. The third kappa shape index (κ3) is 2.78. The standard InChI is InChI=1S/C16H14BrFN2O2/c1-9-10(11-3-2-4-12(18)15(11)20-9)7-8-19-16(21)13-5-6-14(17)22-13/h2-6,20H,7-8H2,1H3,(H,19,21). The molecule has 0 radical (unpaired) electrons. The summed E-state index contributed by atoms with van der Waals surface area (Å²) in [5.41, 5.74) is 2.43. The van der Waals surface area contributed by atoms with Gasteiger partial charge in [0, 0.05) is 17.6 Å². The summed E-state index contributed by atoms with van der Waals surface area (Å²) >= 11 is 3.16. The van der Waals surface area contributed by atoms with Crippen LogP contribution in [-0.2, 0) is 6.42 Å². The Morgan fingerprint density at radius 3 is 2.91 bits per heavy atom. The molecular formula is C16H14BrFN2O2. The molecule has 0 aliphatic heterocycles. The van der Waals surface area contributed by atoms with E-state index in [0.717, 1.165) is 16.6 Å². The van der Waals surface area contributed by atoms with Crippen molar-refractivity contribution in [3.63, 3.8) is 0 Å². The van der Waals surface area contributed by atoms with Crippen molar-refractivity contribution in [3.05, 3.63) is 57.8 Å². The molecule has 6 heteroatoms. The number of rotatable bonds is 4. The van der Waals surface area contributed by atoms with Crippen LogP contribution in [0, 0.1) is 12.7 Å². The number of carbonyl (C=O) groups is 1. The van der Waals surface area contributed by atoms with Crippen LogP contribution >= 0.6 is 15.9 Å². The number of nitrogens with one attached hydrogen (secondary N) is 2. The summed E-state index contributed by atoms with van der Waals surface area (Å²) in [4.78, 5) is 15.0. The summed E-state index contributed by atoms with van der Waals surface area (Å²) in [7, 11) is 0. The Kier molecular flexibility index (Phi) is 4.02. The highest BCUT2D eigenvalue weighted by molar-refractivity contribution is 9.10. The number of benzene rings is 1. The van der Waals surface area contributed by atoms with Crippen molar-refractivity contribution in [2.45, 2.75) is 13.3 Å². The molecule has 0 fully saturated rings. The van der Waals surface area contributed by atoms with Crippen molar-refractivity contribution in [3.8, 4) is 0 Å². The second-order valence-corrected chi connectivity index (χ2v) is 5.78. The fourth-order valence-corrected chi connectivity index (χ4v) is 2.82. The molecule has 2 heterocycles. The van der Waals surface area contributed by atoms with Crippen molar-refractivity contribution >= 4 is 32.7 Å². The number of carbonyl (C=O) groups excluding carboxylic acids is 1. The van der Waals surface area contributed by atoms with E-state index in [1.54, 1.807) is 18.2 Å². The number of para-hydroxylation sites is 1. The van der Waals surface area contributed by atoms with Crippen LogP contribution in [0.25, 0.3) is 10.9 Å². The fourth-order valence-electron chi connectivity index (χ4n) is 2.51. The zero-order valence-corrected chi connectivity index (χ0v) is 13.5. The SMILES string of the molecule is Cc1[nH]c2c(F)cccc2c1CCNC(=O)c1ccc(Br)o1. The average molecular weight is 365 g/mol. The minimum absolute atomic E-state index is 0.258. The predicted molar refractivity (Wildman–Crippen MR) is 85.4 cm³/mol. The van der Waals surface area contributed by atoms with Gasteiger partial charge < -0.3 is 14.7 Å². The second kappa shape index (κ2) is 5.96. The van der Waals surface area contributed by atoms with E-state index in [4.69, 9.17) is 4.42 Å². The molecule has 0 saturated carbocycles. The summed E-state index contributed by atoms with van der Waals surface area (Å²) in [6, 6.07) is 8.27. The van der Waals surface area contributed by atoms with E-state index in [-0.39, 0.29) is 17.5 Å². The van der Waals surface area contributed by atoms with Gasteiger partial charge in [-0.25, -0.2) is 4.39 Å². The number of hydrogen-bond acceptors (Lipinski definition) is 2. The number of halogens is 2. The van der Waals surface area contributed by atoms with Crippen LogP contribution in [-0.4, -0.2) is 17.4 Å². The molecule has 0 bridgehead atoms. The zero-order chi connectivity index (χ0) is 15.7. The summed E-state index contributed by atoms with van der Waals surface area (Å²) in [6.45, 7) is 2.35. The molecule has 3 aromatic rings. The molecule has 1 amide bonds. The molecule has 0 aliphatic rings. The summed E-state index contributed by atoms with van der Waals surface area (Å²) in [6.07, 6.45) is 0.614. The monoisotopic (exact) mass is 364 g/mol. The van der Waals surface area contributed by atoms with Crippen LogP contribution in [0.2, 0.25) is 0 Å². The Bertz CT molecular complexity index is 838. The maximum Gasteiger partial charge on any atom is 0.287 e. The number of H-pyrrole nitrogens is 1. The lowest BCUT2D eigenvalue weighted by Gasteiger charge is -2.04. The van der Waals surface area contributed by atoms with Gasteiger partial charge in [0.1, 0.15) is 5.82 Å². The van der Waals surface area contributed by atoms with Crippen LogP contribution in [0.5, 0.6) is 0 Å². The van der Waals surface area contributed by atoms with Crippen molar-refractivity contribution in [2.24, 2.45) is 0 Å². The smallest absolute Gasteiger partial charge is 0.287 e. The molecule has 2 aromatic heterocycles. The van der Waals surface area contributed by atoms with Gasteiger partial charge in [0.15, 0.2) is 10.4 Å². The molecule has 3 rings (SSSR count). The number of aryl methyl sites for hydroxylation is 1. The Balaban J connectivity index is 1.71. The van der Waals surface area contributed by atoms with Gasteiger partial charge in [-0.05, 0) is 53.0 Å². The lowest BCUT2D eigenvalue weighted by atomic mass is 10.1. The normalized spacial score (nSPS) is 11.0. The molecule has 0 unspecified atom stereocenters.